The Morgan fingerprint density at radius 3 is 2.62 bits per heavy atom. The predicted molar refractivity (Wildman–Crippen MR) is 65.6 cm³/mol. The van der Waals surface area contributed by atoms with E-state index in [-0.39, 0.29) is 11.3 Å². The molecule has 0 saturated heterocycles. The lowest BCUT2D eigenvalue weighted by Crippen LogP contribution is -2.15. The molecule has 0 N–H and O–H groups in total. The molecule has 2 heterocycles. The summed E-state index contributed by atoms with van der Waals surface area (Å²) < 4.78 is 1.98. The van der Waals surface area contributed by atoms with Crippen LogP contribution in [-0.4, -0.2) is 10.5 Å². The average Bonchev–Trinajstić information content (AvgIpc) is 2.69. The van der Waals surface area contributed by atoms with Gasteiger partial charge in [-0.3, -0.25) is 14.2 Å². The maximum atomic E-state index is 12.0. The standard InChI is InChI=1S/C12H6BrNO2/c13-11-9-5-6-10(15)14(9)8-4-2-1-3-7(8)12(11)16/h1-6H. The first-order valence-electron chi connectivity index (χ1n) is 4.76. The highest BCUT2D eigenvalue weighted by Gasteiger charge is 2.20. The fourth-order valence-corrected chi connectivity index (χ4v) is 2.46. The van der Waals surface area contributed by atoms with Crippen molar-refractivity contribution in [2.75, 3.05) is 0 Å². The van der Waals surface area contributed by atoms with Crippen LogP contribution in [0, 0.1) is 0 Å². The van der Waals surface area contributed by atoms with E-state index in [1.807, 2.05) is 6.07 Å². The highest BCUT2D eigenvalue weighted by molar-refractivity contribution is 9.10. The van der Waals surface area contributed by atoms with E-state index in [1.54, 1.807) is 28.8 Å². The van der Waals surface area contributed by atoms with Crippen LogP contribution in [0.15, 0.2) is 39.6 Å². The van der Waals surface area contributed by atoms with Gasteiger partial charge in [-0.25, -0.2) is 0 Å². The van der Waals surface area contributed by atoms with E-state index in [4.69, 9.17) is 0 Å². The molecule has 0 bridgehead atoms. The molecule has 0 radical (unpaired) electrons. The molecular formula is C12H6BrNO2. The number of rotatable bonds is 0. The Hall–Kier alpha value is -1.68. The summed E-state index contributed by atoms with van der Waals surface area (Å²) in [7, 11) is 0. The molecule has 0 saturated carbocycles. The van der Waals surface area contributed by atoms with Gasteiger partial charge in [-0.2, -0.15) is 0 Å². The zero-order chi connectivity index (χ0) is 11.3. The minimum Gasteiger partial charge on any atom is -0.288 e. The van der Waals surface area contributed by atoms with Gasteiger partial charge < -0.3 is 0 Å². The molecule has 1 aromatic carbocycles. The number of nitrogens with zero attached hydrogens (tertiary/aromatic N) is 1. The third kappa shape index (κ3) is 1.08. The first kappa shape index (κ1) is 9.54. The number of aromatic nitrogens is 1. The minimum atomic E-state index is -0.119. The maximum Gasteiger partial charge on any atom is 0.255 e. The average molecular weight is 276 g/mol. The largest absolute Gasteiger partial charge is 0.288 e. The molecule has 0 atom stereocenters. The molecule has 4 heteroatoms. The molecule has 3 nitrogen and oxygen atoms in total. The third-order valence-electron chi connectivity index (χ3n) is 2.66. The summed E-state index contributed by atoms with van der Waals surface area (Å²) in [5, 5.41) is 0.551. The van der Waals surface area contributed by atoms with Crippen molar-refractivity contribution >= 4 is 38.8 Å². The molecule has 1 aliphatic rings. The summed E-state index contributed by atoms with van der Waals surface area (Å²) >= 11 is 3.24. The molecule has 0 spiro atoms. The summed E-state index contributed by atoms with van der Waals surface area (Å²) in [6.07, 6.45) is 3.12. The van der Waals surface area contributed by atoms with Crippen LogP contribution in [0.3, 0.4) is 0 Å². The maximum absolute atomic E-state index is 12.0. The Morgan fingerprint density at radius 1 is 1.06 bits per heavy atom. The van der Waals surface area contributed by atoms with Crippen molar-refractivity contribution in [3.05, 3.63) is 50.7 Å². The molecule has 3 rings (SSSR count). The van der Waals surface area contributed by atoms with Crippen molar-refractivity contribution < 1.29 is 4.79 Å². The number of pyridine rings is 1. The van der Waals surface area contributed by atoms with Gasteiger partial charge in [0.25, 0.3) is 5.91 Å². The van der Waals surface area contributed by atoms with Gasteiger partial charge in [0, 0.05) is 11.5 Å². The Labute approximate surface area is 99.1 Å². The quantitative estimate of drug-likeness (QED) is 0.741. The highest BCUT2D eigenvalue weighted by atomic mass is 79.9. The number of allylic oxidation sites excluding steroid dienone is 1. The van der Waals surface area contributed by atoms with Crippen molar-refractivity contribution in [2.45, 2.75) is 0 Å². The summed E-state index contributed by atoms with van der Waals surface area (Å²) in [5.41, 5.74) is 1.19. The molecule has 2 aromatic rings. The zero-order valence-electron chi connectivity index (χ0n) is 8.11. The van der Waals surface area contributed by atoms with Gasteiger partial charge in [0.15, 0.2) is 0 Å². The SMILES string of the molecule is O=C1C=Cc2c(Br)c(=O)c3ccccc3n21. The van der Waals surface area contributed by atoms with Crippen LogP contribution in [0.4, 0.5) is 0 Å². The number of carbonyl (C=O) groups is 1. The van der Waals surface area contributed by atoms with Crippen LogP contribution in [-0.2, 0) is 0 Å². The number of halogens is 1. The lowest BCUT2D eigenvalue weighted by molar-refractivity contribution is 0.0978. The normalized spacial score (nSPS) is 13.4. The number of fused-ring (bicyclic) bond motifs is 3. The molecule has 78 valence electrons. The van der Waals surface area contributed by atoms with Crippen LogP contribution < -0.4 is 5.43 Å². The smallest absolute Gasteiger partial charge is 0.255 e. The molecule has 0 fully saturated rings. The Balaban J connectivity index is 2.64. The molecule has 0 amide bonds. The van der Waals surface area contributed by atoms with Gasteiger partial charge in [-0.05, 0) is 34.1 Å². The Bertz CT molecular complexity index is 713. The van der Waals surface area contributed by atoms with E-state index in [0.29, 0.717) is 21.1 Å². The van der Waals surface area contributed by atoms with Crippen LogP contribution in [0.1, 0.15) is 10.5 Å². The molecule has 1 aromatic heterocycles. The highest BCUT2D eigenvalue weighted by Crippen LogP contribution is 2.24. The first-order chi connectivity index (χ1) is 7.70. The molecule has 0 aliphatic carbocycles. The fourth-order valence-electron chi connectivity index (χ4n) is 1.93. The lowest BCUT2D eigenvalue weighted by atomic mass is 10.2. The van der Waals surface area contributed by atoms with E-state index in [2.05, 4.69) is 15.9 Å². The Morgan fingerprint density at radius 2 is 1.81 bits per heavy atom. The lowest BCUT2D eigenvalue weighted by Gasteiger charge is -2.08. The number of benzene rings is 1. The van der Waals surface area contributed by atoms with E-state index in [1.165, 1.54) is 6.08 Å². The summed E-state index contributed by atoms with van der Waals surface area (Å²) in [6, 6.07) is 7.10. The monoisotopic (exact) mass is 275 g/mol. The van der Waals surface area contributed by atoms with E-state index >= 15 is 0 Å². The van der Waals surface area contributed by atoms with Crippen LogP contribution >= 0.6 is 15.9 Å². The van der Waals surface area contributed by atoms with Crippen LogP contribution in [0.25, 0.3) is 17.0 Å². The van der Waals surface area contributed by atoms with Crippen molar-refractivity contribution in [3.8, 4) is 0 Å². The predicted octanol–water partition coefficient (Wildman–Crippen LogP) is 2.43. The number of para-hydroxylation sites is 1. The Kier molecular flexibility index (Phi) is 1.88. The fraction of sp³-hybridized carbons (Fsp3) is 0. The number of hydrogen-bond donors (Lipinski definition) is 0. The van der Waals surface area contributed by atoms with Gasteiger partial charge in [0.2, 0.25) is 5.43 Å². The summed E-state index contributed by atoms with van der Waals surface area (Å²) in [5.74, 6) is -0.119. The number of carbonyl (C=O) groups excluding carboxylic acids is 1. The van der Waals surface area contributed by atoms with Crippen molar-refractivity contribution in [3.63, 3.8) is 0 Å². The van der Waals surface area contributed by atoms with Gasteiger partial charge in [0.05, 0.1) is 15.7 Å². The summed E-state index contributed by atoms with van der Waals surface area (Å²) in [4.78, 5) is 23.7. The van der Waals surface area contributed by atoms with Gasteiger partial charge in [0.1, 0.15) is 0 Å². The third-order valence-corrected chi connectivity index (χ3v) is 3.43. The second-order valence-electron chi connectivity index (χ2n) is 3.55. The van der Waals surface area contributed by atoms with E-state index in [0.717, 1.165) is 0 Å². The van der Waals surface area contributed by atoms with Crippen molar-refractivity contribution in [2.24, 2.45) is 0 Å². The second-order valence-corrected chi connectivity index (χ2v) is 4.35. The van der Waals surface area contributed by atoms with Crippen LogP contribution in [0.2, 0.25) is 0 Å². The topological polar surface area (TPSA) is 39.1 Å². The molecule has 1 aliphatic heterocycles. The zero-order valence-corrected chi connectivity index (χ0v) is 9.69. The van der Waals surface area contributed by atoms with Gasteiger partial charge >= 0.3 is 0 Å². The molecule has 0 unspecified atom stereocenters. The van der Waals surface area contributed by atoms with Crippen molar-refractivity contribution in [1.29, 1.82) is 0 Å². The van der Waals surface area contributed by atoms with E-state index < -0.39 is 0 Å². The second kappa shape index (κ2) is 3.15. The molecule has 16 heavy (non-hydrogen) atoms. The van der Waals surface area contributed by atoms with Gasteiger partial charge in [-0.1, -0.05) is 12.1 Å². The van der Waals surface area contributed by atoms with Gasteiger partial charge in [-0.15, -0.1) is 0 Å². The van der Waals surface area contributed by atoms with Crippen molar-refractivity contribution in [1.82, 2.24) is 4.57 Å². The minimum absolute atomic E-state index is 0.0822. The first-order valence-corrected chi connectivity index (χ1v) is 5.55. The molecular weight excluding hydrogens is 270 g/mol. The van der Waals surface area contributed by atoms with Crippen LogP contribution in [0.5, 0.6) is 0 Å². The summed E-state index contributed by atoms with van der Waals surface area (Å²) in [6.45, 7) is 0. The number of hydrogen-bond acceptors (Lipinski definition) is 2. The van der Waals surface area contributed by atoms with E-state index in [9.17, 15) is 9.59 Å².